The molecule has 2 unspecified atom stereocenters. The van der Waals surface area contributed by atoms with Gasteiger partial charge in [-0.05, 0) is 83.5 Å². The first-order valence-corrected chi connectivity index (χ1v) is 38.7. The Labute approximate surface area is 532 Å². The normalized spacial score (nSPS) is 12.7. The molecule has 6 nitrogen and oxygen atoms in total. The van der Waals surface area contributed by atoms with Gasteiger partial charge in [-0.2, -0.15) is 0 Å². The zero-order valence-corrected chi connectivity index (χ0v) is 57.6. The van der Waals surface area contributed by atoms with Crippen molar-refractivity contribution in [2.24, 2.45) is 0 Å². The Morgan fingerprint density at radius 2 is 0.588 bits per heavy atom. The first-order chi connectivity index (χ1) is 42.0. The molecule has 0 saturated carbocycles. The highest BCUT2D eigenvalue weighted by atomic mass is 16.5. The quantitative estimate of drug-likeness (QED) is 0.0320. The van der Waals surface area contributed by atoms with Gasteiger partial charge in [-0.1, -0.05) is 371 Å². The van der Waals surface area contributed by atoms with Gasteiger partial charge < -0.3 is 20.3 Å². The highest BCUT2D eigenvalue weighted by Crippen LogP contribution is 2.19. The van der Waals surface area contributed by atoms with E-state index >= 15 is 0 Å². The molecule has 0 spiro atoms. The third-order valence-electron chi connectivity index (χ3n) is 18.2. The molecule has 0 aliphatic heterocycles. The lowest BCUT2D eigenvalue weighted by molar-refractivity contribution is -0.143. The number of ether oxygens (including phenoxy) is 1. The number of rotatable bonds is 73. The van der Waals surface area contributed by atoms with E-state index in [-0.39, 0.29) is 18.5 Å². The van der Waals surface area contributed by atoms with Gasteiger partial charge in [0.1, 0.15) is 0 Å². The van der Waals surface area contributed by atoms with Crippen molar-refractivity contribution < 1.29 is 24.5 Å². The second-order valence-corrected chi connectivity index (χ2v) is 26.7. The molecule has 2 atom stereocenters. The number of aliphatic hydroxyl groups excluding tert-OH is 2. The minimum Gasteiger partial charge on any atom is -0.466 e. The summed E-state index contributed by atoms with van der Waals surface area (Å²) in [6.45, 7) is 4.97. The highest BCUT2D eigenvalue weighted by Gasteiger charge is 2.20. The summed E-state index contributed by atoms with van der Waals surface area (Å²) >= 11 is 0. The maximum atomic E-state index is 12.5. The van der Waals surface area contributed by atoms with Crippen LogP contribution in [0.3, 0.4) is 0 Å². The largest absolute Gasteiger partial charge is 0.466 e. The molecule has 1 amide bonds. The number of aliphatic hydroxyl groups is 2. The fourth-order valence-corrected chi connectivity index (χ4v) is 12.3. The van der Waals surface area contributed by atoms with Crippen LogP contribution in [0.2, 0.25) is 0 Å². The van der Waals surface area contributed by atoms with Crippen LogP contribution >= 0.6 is 0 Å². The first kappa shape index (κ1) is 83.1. The summed E-state index contributed by atoms with van der Waals surface area (Å²) in [6, 6.07) is -0.539. The van der Waals surface area contributed by atoms with Crippen LogP contribution in [0.15, 0.2) is 36.5 Å². The van der Waals surface area contributed by atoms with E-state index in [1.807, 2.05) is 0 Å². The number of esters is 1. The van der Waals surface area contributed by atoms with Gasteiger partial charge in [0.2, 0.25) is 5.91 Å². The zero-order chi connectivity index (χ0) is 61.3. The van der Waals surface area contributed by atoms with E-state index in [9.17, 15) is 19.8 Å². The summed E-state index contributed by atoms with van der Waals surface area (Å²) in [7, 11) is 0. The van der Waals surface area contributed by atoms with Crippen LogP contribution < -0.4 is 5.32 Å². The number of allylic oxidation sites excluding steroid dienone is 6. The maximum absolute atomic E-state index is 12.5. The third kappa shape index (κ3) is 71.0. The maximum Gasteiger partial charge on any atom is 0.305 e. The Balaban J connectivity index is 3.34. The van der Waals surface area contributed by atoms with Crippen molar-refractivity contribution in [3.8, 4) is 0 Å². The van der Waals surface area contributed by atoms with E-state index in [4.69, 9.17) is 4.74 Å². The van der Waals surface area contributed by atoms with Crippen LogP contribution in [0.25, 0.3) is 0 Å². The van der Waals surface area contributed by atoms with Gasteiger partial charge >= 0.3 is 5.97 Å². The predicted molar refractivity (Wildman–Crippen MR) is 375 cm³/mol. The van der Waals surface area contributed by atoms with Crippen LogP contribution in [0.1, 0.15) is 431 Å². The smallest absolute Gasteiger partial charge is 0.305 e. The predicted octanol–water partition coefficient (Wildman–Crippen LogP) is 25.4. The molecule has 0 radical (unpaired) electrons. The Kier molecular flexibility index (Phi) is 72.9. The molecule has 0 bridgehead atoms. The fraction of sp³-hybridized carbons (Fsp3) is 0.899. The molecule has 0 fully saturated rings. The molecule has 85 heavy (non-hydrogen) atoms. The number of nitrogens with one attached hydrogen (secondary N) is 1. The van der Waals surface area contributed by atoms with Gasteiger partial charge in [-0.3, -0.25) is 9.59 Å². The minimum atomic E-state index is -0.662. The monoisotopic (exact) mass is 1190 g/mol. The third-order valence-corrected chi connectivity index (χ3v) is 18.2. The molecule has 0 saturated heterocycles. The van der Waals surface area contributed by atoms with Crippen molar-refractivity contribution in [1.82, 2.24) is 5.32 Å². The molecule has 0 aromatic rings. The van der Waals surface area contributed by atoms with Gasteiger partial charge in [0, 0.05) is 12.8 Å². The second-order valence-electron chi connectivity index (χ2n) is 26.7. The molecular weight excluding hydrogens is 1040 g/mol. The SMILES string of the molecule is CCCCCC/C=C\C/C=C\CCCCCCCC(=O)OCCCCCCCCCCCCCCCC/C=C\CCCCCCCCCCCCCCCCCCCC(=O)NC(CO)C(O)CCCCCCCCCCCCCCCCCCC. The lowest BCUT2D eigenvalue weighted by Crippen LogP contribution is -2.45. The molecule has 0 aliphatic carbocycles. The lowest BCUT2D eigenvalue weighted by Gasteiger charge is -2.22. The van der Waals surface area contributed by atoms with E-state index in [0.29, 0.717) is 25.9 Å². The zero-order valence-electron chi connectivity index (χ0n) is 57.6. The highest BCUT2D eigenvalue weighted by molar-refractivity contribution is 5.76. The summed E-state index contributed by atoms with van der Waals surface area (Å²) < 4.78 is 5.50. The van der Waals surface area contributed by atoms with Crippen molar-refractivity contribution >= 4 is 11.9 Å². The number of carbonyl (C=O) groups excluding carboxylic acids is 2. The van der Waals surface area contributed by atoms with Gasteiger partial charge in [0.15, 0.2) is 0 Å². The number of hydrogen-bond donors (Lipinski definition) is 3. The van der Waals surface area contributed by atoms with Crippen molar-refractivity contribution in [1.29, 1.82) is 0 Å². The summed E-state index contributed by atoms with van der Waals surface area (Å²) in [5, 5.41) is 23.4. The number of unbranched alkanes of at least 4 members (excludes halogenated alkanes) is 56. The first-order valence-electron chi connectivity index (χ1n) is 38.7. The van der Waals surface area contributed by atoms with Gasteiger partial charge in [-0.15, -0.1) is 0 Å². The molecule has 0 aliphatic rings. The van der Waals surface area contributed by atoms with Crippen LogP contribution in [-0.2, 0) is 14.3 Å². The lowest BCUT2D eigenvalue weighted by atomic mass is 10.0. The Morgan fingerprint density at radius 3 is 0.918 bits per heavy atom. The van der Waals surface area contributed by atoms with E-state index < -0.39 is 12.1 Å². The number of carbonyl (C=O) groups is 2. The molecule has 0 heterocycles. The van der Waals surface area contributed by atoms with Crippen LogP contribution in [0.5, 0.6) is 0 Å². The van der Waals surface area contributed by atoms with E-state index in [1.165, 1.54) is 347 Å². The van der Waals surface area contributed by atoms with Gasteiger partial charge in [0.25, 0.3) is 0 Å². The summed E-state index contributed by atoms with van der Waals surface area (Å²) in [5.74, 6) is -0.0203. The average Bonchev–Trinajstić information content (AvgIpc) is 3.50. The molecular formula is C79H151NO5. The van der Waals surface area contributed by atoms with Crippen molar-refractivity contribution in [3.63, 3.8) is 0 Å². The molecule has 3 N–H and O–H groups in total. The molecule has 6 heteroatoms. The minimum absolute atomic E-state index is 0.00727. The Bertz CT molecular complexity index is 1380. The number of amides is 1. The van der Waals surface area contributed by atoms with Crippen LogP contribution in [0, 0.1) is 0 Å². The summed E-state index contributed by atoms with van der Waals surface area (Å²) in [4.78, 5) is 24.6. The second kappa shape index (κ2) is 74.5. The van der Waals surface area contributed by atoms with Crippen molar-refractivity contribution in [2.75, 3.05) is 13.2 Å². The van der Waals surface area contributed by atoms with Gasteiger partial charge in [0.05, 0.1) is 25.4 Å². The number of hydrogen-bond acceptors (Lipinski definition) is 5. The van der Waals surface area contributed by atoms with Crippen LogP contribution in [-0.4, -0.2) is 47.4 Å². The van der Waals surface area contributed by atoms with Gasteiger partial charge in [-0.25, -0.2) is 0 Å². The average molecular weight is 1200 g/mol. The Morgan fingerprint density at radius 1 is 0.329 bits per heavy atom. The summed E-state index contributed by atoms with van der Waals surface area (Å²) in [6.07, 6.45) is 96.6. The standard InChI is InChI=1S/C79H151NO5/c1-3-5-7-9-11-13-15-17-19-40-43-47-51-55-59-63-67-71-77(82)76(75-81)80-78(83)72-68-64-60-56-52-48-44-41-38-36-34-32-30-28-26-24-22-21-23-25-27-29-31-33-35-37-39-42-46-50-54-58-62-66-70-74-85-79(84)73-69-65-61-57-53-49-45-20-18-16-14-12-10-8-6-4-2/h14,16,20,23,25,45,76-77,81-82H,3-13,15,17-19,21-22,24,26-44,46-75H2,1-2H3,(H,80,83)/b16-14-,25-23-,45-20-. The molecule has 502 valence electrons. The Hall–Kier alpha value is -1.92. The molecule has 0 aromatic carbocycles. The molecule has 0 aromatic heterocycles. The van der Waals surface area contributed by atoms with E-state index in [2.05, 4.69) is 55.6 Å². The van der Waals surface area contributed by atoms with Crippen molar-refractivity contribution in [3.05, 3.63) is 36.5 Å². The van der Waals surface area contributed by atoms with Crippen molar-refractivity contribution in [2.45, 2.75) is 443 Å². The fourth-order valence-electron chi connectivity index (χ4n) is 12.3. The van der Waals surface area contributed by atoms with E-state index in [0.717, 1.165) is 51.4 Å². The molecule has 0 rings (SSSR count). The topological polar surface area (TPSA) is 95.9 Å². The van der Waals surface area contributed by atoms with E-state index in [1.54, 1.807) is 0 Å². The summed E-state index contributed by atoms with van der Waals surface area (Å²) in [5.41, 5.74) is 0. The van der Waals surface area contributed by atoms with Crippen LogP contribution in [0.4, 0.5) is 0 Å².